The highest BCUT2D eigenvalue weighted by molar-refractivity contribution is 8.00. The SMILES string of the molecule is CCN(C(=O)CSc1cc(C(=O)O)ccc1F)C1CC1. The zero-order valence-corrected chi connectivity index (χ0v) is 12.0. The Balaban J connectivity index is 2.01. The van der Waals surface area contributed by atoms with Crippen molar-refractivity contribution in [3.8, 4) is 0 Å². The van der Waals surface area contributed by atoms with Gasteiger partial charge in [0, 0.05) is 17.5 Å². The van der Waals surface area contributed by atoms with Gasteiger partial charge >= 0.3 is 5.97 Å². The van der Waals surface area contributed by atoms with E-state index in [1.165, 1.54) is 12.1 Å². The smallest absolute Gasteiger partial charge is 0.335 e. The van der Waals surface area contributed by atoms with Crippen LogP contribution in [-0.2, 0) is 4.79 Å². The molecule has 1 fully saturated rings. The van der Waals surface area contributed by atoms with E-state index in [1.54, 1.807) is 4.90 Å². The van der Waals surface area contributed by atoms with Crippen molar-refractivity contribution in [2.75, 3.05) is 12.3 Å². The third-order valence-electron chi connectivity index (χ3n) is 3.18. The first-order valence-corrected chi connectivity index (χ1v) is 7.46. The minimum atomic E-state index is -1.11. The first-order chi connectivity index (χ1) is 9.52. The molecule has 0 radical (unpaired) electrons. The van der Waals surface area contributed by atoms with E-state index in [-0.39, 0.29) is 22.1 Å². The molecule has 0 bridgehead atoms. The summed E-state index contributed by atoms with van der Waals surface area (Å²) in [5.41, 5.74) is 0.0240. The van der Waals surface area contributed by atoms with Crippen molar-refractivity contribution in [2.45, 2.75) is 30.7 Å². The molecule has 1 amide bonds. The molecular weight excluding hydrogens is 281 g/mol. The molecule has 0 saturated heterocycles. The average Bonchev–Trinajstić information content (AvgIpc) is 3.23. The summed E-state index contributed by atoms with van der Waals surface area (Å²) < 4.78 is 13.6. The van der Waals surface area contributed by atoms with Gasteiger partial charge in [0.25, 0.3) is 0 Å². The highest BCUT2D eigenvalue weighted by Gasteiger charge is 2.31. The van der Waals surface area contributed by atoms with Crippen LogP contribution >= 0.6 is 11.8 Å². The quantitative estimate of drug-likeness (QED) is 0.820. The molecule has 0 aromatic heterocycles. The van der Waals surface area contributed by atoms with Crippen molar-refractivity contribution in [2.24, 2.45) is 0 Å². The summed E-state index contributed by atoms with van der Waals surface area (Å²) in [5, 5.41) is 8.88. The molecule has 1 aliphatic rings. The molecule has 2 rings (SSSR count). The number of halogens is 1. The summed E-state index contributed by atoms with van der Waals surface area (Å²) in [5.74, 6) is -1.50. The van der Waals surface area contributed by atoms with E-state index in [0.717, 1.165) is 30.7 Å². The van der Waals surface area contributed by atoms with E-state index < -0.39 is 11.8 Å². The Labute approximate surface area is 121 Å². The number of amides is 1. The monoisotopic (exact) mass is 297 g/mol. The largest absolute Gasteiger partial charge is 0.478 e. The van der Waals surface area contributed by atoms with E-state index in [0.29, 0.717) is 12.6 Å². The second kappa shape index (κ2) is 6.26. The van der Waals surface area contributed by atoms with Crippen molar-refractivity contribution in [3.05, 3.63) is 29.6 Å². The Bertz CT molecular complexity index is 531. The van der Waals surface area contributed by atoms with Crippen LogP contribution in [0.25, 0.3) is 0 Å². The Hall–Kier alpha value is -1.56. The first kappa shape index (κ1) is 14.8. The van der Waals surface area contributed by atoms with E-state index >= 15 is 0 Å². The van der Waals surface area contributed by atoms with Gasteiger partial charge in [0.2, 0.25) is 5.91 Å². The summed E-state index contributed by atoms with van der Waals surface area (Å²) in [4.78, 5) is 24.9. The standard InChI is InChI=1S/C14H16FNO3S/c1-2-16(10-4-5-10)13(17)8-20-12-7-9(14(18)19)3-6-11(12)15/h3,6-7,10H,2,4-5,8H2,1H3,(H,18,19). The second-order valence-corrected chi connectivity index (χ2v) is 5.67. The number of hydrogen-bond donors (Lipinski definition) is 1. The summed E-state index contributed by atoms with van der Waals surface area (Å²) in [7, 11) is 0. The van der Waals surface area contributed by atoms with Crippen LogP contribution in [0.4, 0.5) is 4.39 Å². The van der Waals surface area contributed by atoms with Crippen LogP contribution in [0.2, 0.25) is 0 Å². The fourth-order valence-electron chi connectivity index (χ4n) is 1.99. The number of benzene rings is 1. The van der Waals surface area contributed by atoms with Crippen molar-refractivity contribution in [1.29, 1.82) is 0 Å². The number of carboxylic acids is 1. The van der Waals surface area contributed by atoms with Crippen LogP contribution < -0.4 is 0 Å². The lowest BCUT2D eigenvalue weighted by atomic mass is 10.2. The van der Waals surface area contributed by atoms with E-state index in [2.05, 4.69) is 0 Å². The van der Waals surface area contributed by atoms with Gasteiger partial charge in [-0.25, -0.2) is 9.18 Å². The zero-order valence-electron chi connectivity index (χ0n) is 11.1. The lowest BCUT2D eigenvalue weighted by molar-refractivity contribution is -0.128. The van der Waals surface area contributed by atoms with Crippen molar-refractivity contribution in [3.63, 3.8) is 0 Å². The van der Waals surface area contributed by atoms with Gasteiger partial charge < -0.3 is 10.0 Å². The van der Waals surface area contributed by atoms with Gasteiger partial charge in [-0.1, -0.05) is 0 Å². The summed E-state index contributed by atoms with van der Waals surface area (Å²) in [6.07, 6.45) is 2.07. The Morgan fingerprint density at radius 3 is 2.70 bits per heavy atom. The maximum absolute atomic E-state index is 13.6. The molecule has 6 heteroatoms. The maximum Gasteiger partial charge on any atom is 0.335 e. The van der Waals surface area contributed by atoms with E-state index in [1.807, 2.05) is 6.92 Å². The van der Waals surface area contributed by atoms with Gasteiger partial charge in [-0.15, -0.1) is 11.8 Å². The molecule has 1 N–H and O–H groups in total. The Morgan fingerprint density at radius 2 is 2.15 bits per heavy atom. The molecule has 0 atom stereocenters. The lowest BCUT2D eigenvalue weighted by Crippen LogP contribution is -2.34. The molecule has 0 aliphatic heterocycles. The van der Waals surface area contributed by atoms with Crippen molar-refractivity contribution in [1.82, 2.24) is 4.90 Å². The van der Waals surface area contributed by atoms with Crippen LogP contribution in [0.5, 0.6) is 0 Å². The fourth-order valence-corrected chi connectivity index (χ4v) is 2.85. The Kier molecular flexibility index (Phi) is 4.65. The third kappa shape index (κ3) is 3.50. The molecule has 108 valence electrons. The van der Waals surface area contributed by atoms with E-state index in [9.17, 15) is 14.0 Å². The highest BCUT2D eigenvalue weighted by Crippen LogP contribution is 2.29. The van der Waals surface area contributed by atoms with Gasteiger partial charge in [0.05, 0.1) is 11.3 Å². The Morgan fingerprint density at radius 1 is 1.45 bits per heavy atom. The summed E-state index contributed by atoms with van der Waals surface area (Å²) in [6.45, 7) is 2.58. The molecule has 0 spiro atoms. The van der Waals surface area contributed by atoms with Gasteiger partial charge in [-0.2, -0.15) is 0 Å². The molecular formula is C14H16FNO3S. The minimum Gasteiger partial charge on any atom is -0.478 e. The molecule has 1 aliphatic carbocycles. The number of aromatic carboxylic acids is 1. The van der Waals surface area contributed by atoms with Gasteiger partial charge in [-0.05, 0) is 38.0 Å². The zero-order chi connectivity index (χ0) is 14.7. The molecule has 1 aromatic rings. The molecule has 1 saturated carbocycles. The van der Waals surface area contributed by atoms with Crippen molar-refractivity contribution < 1.29 is 19.1 Å². The second-order valence-electron chi connectivity index (χ2n) is 4.65. The molecule has 0 unspecified atom stereocenters. The summed E-state index contributed by atoms with van der Waals surface area (Å²) in [6, 6.07) is 3.94. The number of thioether (sulfide) groups is 1. The fraction of sp³-hybridized carbons (Fsp3) is 0.429. The molecule has 1 aromatic carbocycles. The predicted octanol–water partition coefficient (Wildman–Crippen LogP) is 2.63. The normalized spacial score (nSPS) is 14.1. The van der Waals surface area contributed by atoms with Crippen molar-refractivity contribution >= 4 is 23.6 Å². The minimum absolute atomic E-state index is 0.0240. The number of rotatable bonds is 6. The number of hydrogen-bond acceptors (Lipinski definition) is 3. The molecule has 0 heterocycles. The van der Waals surface area contributed by atoms with Crippen LogP contribution in [-0.4, -0.2) is 40.2 Å². The van der Waals surface area contributed by atoms with Gasteiger partial charge in [-0.3, -0.25) is 4.79 Å². The van der Waals surface area contributed by atoms with Gasteiger partial charge in [0.1, 0.15) is 5.82 Å². The predicted molar refractivity (Wildman–Crippen MR) is 74.5 cm³/mol. The number of carbonyl (C=O) groups excluding carboxylic acids is 1. The summed E-state index contributed by atoms with van der Waals surface area (Å²) >= 11 is 1.05. The average molecular weight is 297 g/mol. The lowest BCUT2D eigenvalue weighted by Gasteiger charge is -2.20. The third-order valence-corrected chi connectivity index (χ3v) is 4.19. The van der Waals surface area contributed by atoms with Crippen LogP contribution in [0.15, 0.2) is 23.1 Å². The van der Waals surface area contributed by atoms with Gasteiger partial charge in [0.15, 0.2) is 0 Å². The highest BCUT2D eigenvalue weighted by atomic mass is 32.2. The topological polar surface area (TPSA) is 57.6 Å². The molecule has 4 nitrogen and oxygen atoms in total. The van der Waals surface area contributed by atoms with Crippen LogP contribution in [0, 0.1) is 5.82 Å². The van der Waals surface area contributed by atoms with E-state index in [4.69, 9.17) is 5.11 Å². The van der Waals surface area contributed by atoms with Crippen LogP contribution in [0.1, 0.15) is 30.1 Å². The number of nitrogens with zero attached hydrogens (tertiary/aromatic N) is 1. The van der Waals surface area contributed by atoms with Crippen LogP contribution in [0.3, 0.4) is 0 Å². The maximum atomic E-state index is 13.6. The number of carboxylic acid groups (broad SMARTS) is 1. The number of carbonyl (C=O) groups is 2. The first-order valence-electron chi connectivity index (χ1n) is 6.48. The molecule has 20 heavy (non-hydrogen) atoms.